The predicted octanol–water partition coefficient (Wildman–Crippen LogP) is 4.47. The minimum absolute atomic E-state index is 0.00131. The van der Waals surface area contributed by atoms with Crippen molar-refractivity contribution in [2.45, 2.75) is 84.2 Å². The van der Waals surface area contributed by atoms with Gasteiger partial charge in [-0.15, -0.1) is 0 Å². The van der Waals surface area contributed by atoms with Gasteiger partial charge >= 0.3 is 5.97 Å². The number of carbonyl (C=O) groups is 1. The molecule has 0 aliphatic carbocycles. The van der Waals surface area contributed by atoms with Crippen molar-refractivity contribution in [3.63, 3.8) is 0 Å². The molecule has 0 bridgehead atoms. The maximum atomic E-state index is 11.6. The molecule has 0 amide bonds. The number of rotatable bonds is 0. The molecule has 100 valence electrons. The van der Waals surface area contributed by atoms with Crippen molar-refractivity contribution in [3.05, 3.63) is 0 Å². The standard InChI is InChI=1S/C15H28O2/c1-13-11-9-7-5-3-4-6-8-10-12-15(16)17-14(13)2/h13-14H,3-12H2,1-2H3/t13?,14-/m1/s1. The van der Waals surface area contributed by atoms with Crippen LogP contribution >= 0.6 is 0 Å². The summed E-state index contributed by atoms with van der Waals surface area (Å²) in [5, 5.41) is 0. The molecule has 17 heavy (non-hydrogen) atoms. The zero-order chi connectivity index (χ0) is 12.5. The lowest BCUT2D eigenvalue weighted by molar-refractivity contribution is -0.150. The van der Waals surface area contributed by atoms with Gasteiger partial charge in [-0.2, -0.15) is 0 Å². The topological polar surface area (TPSA) is 26.3 Å². The SMILES string of the molecule is CC1CCCCCCCCCCC(=O)O[C@@H]1C. The van der Waals surface area contributed by atoms with E-state index in [-0.39, 0.29) is 12.1 Å². The van der Waals surface area contributed by atoms with E-state index >= 15 is 0 Å². The molecule has 0 aromatic rings. The van der Waals surface area contributed by atoms with Gasteiger partial charge in [0.05, 0.1) is 0 Å². The van der Waals surface area contributed by atoms with Crippen LogP contribution in [0.25, 0.3) is 0 Å². The Morgan fingerprint density at radius 3 is 2.06 bits per heavy atom. The van der Waals surface area contributed by atoms with Gasteiger partial charge in [0.1, 0.15) is 6.10 Å². The second kappa shape index (κ2) is 8.54. The fraction of sp³-hybridized carbons (Fsp3) is 0.933. The van der Waals surface area contributed by atoms with Gasteiger partial charge in [-0.3, -0.25) is 4.79 Å². The highest BCUT2D eigenvalue weighted by molar-refractivity contribution is 5.69. The minimum atomic E-state index is 0.00131. The molecule has 0 aromatic heterocycles. The quantitative estimate of drug-likeness (QED) is 0.584. The molecule has 2 heteroatoms. The summed E-state index contributed by atoms with van der Waals surface area (Å²) in [4.78, 5) is 11.6. The lowest BCUT2D eigenvalue weighted by Gasteiger charge is -2.20. The van der Waals surface area contributed by atoms with E-state index in [4.69, 9.17) is 4.74 Å². The van der Waals surface area contributed by atoms with Crippen molar-refractivity contribution >= 4 is 5.97 Å². The third-order valence-electron chi connectivity index (χ3n) is 3.91. The average molecular weight is 240 g/mol. The van der Waals surface area contributed by atoms with Crippen LogP contribution in [0.2, 0.25) is 0 Å². The number of hydrogen-bond donors (Lipinski definition) is 0. The molecule has 1 aliphatic rings. The molecule has 1 rings (SSSR count). The summed E-state index contributed by atoms with van der Waals surface area (Å²) in [5.74, 6) is 0.503. The highest BCUT2D eigenvalue weighted by Gasteiger charge is 2.16. The Labute approximate surface area is 106 Å². The zero-order valence-electron chi connectivity index (χ0n) is 11.5. The van der Waals surface area contributed by atoms with Crippen LogP contribution in [0.5, 0.6) is 0 Å². The van der Waals surface area contributed by atoms with E-state index in [2.05, 4.69) is 6.92 Å². The first kappa shape index (κ1) is 14.5. The van der Waals surface area contributed by atoms with Crippen molar-refractivity contribution in [3.8, 4) is 0 Å². The van der Waals surface area contributed by atoms with Crippen LogP contribution in [0.4, 0.5) is 0 Å². The number of carbonyl (C=O) groups excluding carboxylic acids is 1. The lowest BCUT2D eigenvalue weighted by atomic mass is 9.97. The Morgan fingerprint density at radius 2 is 1.41 bits per heavy atom. The first-order valence-corrected chi connectivity index (χ1v) is 7.39. The molecular weight excluding hydrogens is 212 g/mol. The molecule has 2 nitrogen and oxygen atoms in total. The molecule has 0 aromatic carbocycles. The van der Waals surface area contributed by atoms with Gasteiger partial charge in [0.15, 0.2) is 0 Å². The smallest absolute Gasteiger partial charge is 0.306 e. The third kappa shape index (κ3) is 6.70. The summed E-state index contributed by atoms with van der Waals surface area (Å²) < 4.78 is 5.47. The summed E-state index contributed by atoms with van der Waals surface area (Å²) in [6.45, 7) is 4.23. The summed E-state index contributed by atoms with van der Waals surface area (Å²) in [5.41, 5.74) is 0. The Bertz CT molecular complexity index is 213. The second-order valence-electron chi connectivity index (χ2n) is 5.54. The van der Waals surface area contributed by atoms with E-state index in [1.54, 1.807) is 0 Å². The van der Waals surface area contributed by atoms with Crippen LogP contribution in [0, 0.1) is 5.92 Å². The average Bonchev–Trinajstić information content (AvgIpc) is 2.30. The fourth-order valence-corrected chi connectivity index (χ4v) is 2.41. The van der Waals surface area contributed by atoms with Gasteiger partial charge in [-0.1, -0.05) is 51.9 Å². The lowest BCUT2D eigenvalue weighted by Crippen LogP contribution is -2.22. The zero-order valence-corrected chi connectivity index (χ0v) is 11.5. The largest absolute Gasteiger partial charge is 0.462 e. The molecular formula is C15H28O2. The van der Waals surface area contributed by atoms with Gasteiger partial charge in [0, 0.05) is 6.42 Å². The van der Waals surface area contributed by atoms with E-state index in [0.717, 1.165) is 6.42 Å². The molecule has 0 radical (unpaired) electrons. The van der Waals surface area contributed by atoms with E-state index < -0.39 is 0 Å². The van der Waals surface area contributed by atoms with Gasteiger partial charge in [-0.05, 0) is 25.7 Å². The van der Waals surface area contributed by atoms with Crippen LogP contribution in [0.3, 0.4) is 0 Å². The minimum Gasteiger partial charge on any atom is -0.462 e. The van der Waals surface area contributed by atoms with E-state index in [1.807, 2.05) is 6.92 Å². The van der Waals surface area contributed by atoms with Gasteiger partial charge in [0.2, 0.25) is 0 Å². The number of cyclic esters (lactones) is 1. The van der Waals surface area contributed by atoms with Crippen LogP contribution in [0.15, 0.2) is 0 Å². The van der Waals surface area contributed by atoms with Crippen molar-refractivity contribution < 1.29 is 9.53 Å². The molecule has 0 N–H and O–H groups in total. The Kier molecular flexibility index (Phi) is 7.30. The van der Waals surface area contributed by atoms with E-state index in [9.17, 15) is 4.79 Å². The molecule has 0 spiro atoms. The van der Waals surface area contributed by atoms with E-state index in [0.29, 0.717) is 12.3 Å². The fourth-order valence-electron chi connectivity index (χ4n) is 2.41. The monoisotopic (exact) mass is 240 g/mol. The van der Waals surface area contributed by atoms with Crippen LogP contribution in [-0.2, 0) is 9.53 Å². The number of ether oxygens (including phenoxy) is 1. The van der Waals surface area contributed by atoms with E-state index in [1.165, 1.54) is 51.4 Å². The molecule has 0 saturated carbocycles. The number of hydrogen-bond acceptors (Lipinski definition) is 2. The predicted molar refractivity (Wildman–Crippen MR) is 70.9 cm³/mol. The highest BCUT2D eigenvalue weighted by atomic mass is 16.5. The molecule has 1 aliphatic heterocycles. The van der Waals surface area contributed by atoms with Crippen molar-refractivity contribution in [1.29, 1.82) is 0 Å². The third-order valence-corrected chi connectivity index (χ3v) is 3.91. The summed E-state index contributed by atoms with van der Waals surface area (Å²) in [6, 6.07) is 0. The molecule has 1 fully saturated rings. The van der Waals surface area contributed by atoms with Crippen LogP contribution in [-0.4, -0.2) is 12.1 Å². The summed E-state index contributed by atoms with van der Waals surface area (Å²) in [6.07, 6.45) is 12.0. The van der Waals surface area contributed by atoms with Gasteiger partial charge < -0.3 is 4.74 Å². The van der Waals surface area contributed by atoms with Gasteiger partial charge in [0.25, 0.3) is 0 Å². The second-order valence-corrected chi connectivity index (χ2v) is 5.54. The molecule has 2 atom stereocenters. The summed E-state index contributed by atoms with van der Waals surface area (Å²) >= 11 is 0. The maximum Gasteiger partial charge on any atom is 0.306 e. The van der Waals surface area contributed by atoms with Crippen LogP contribution in [0.1, 0.15) is 78.1 Å². The molecule has 1 heterocycles. The Balaban J connectivity index is 2.35. The maximum absolute atomic E-state index is 11.6. The van der Waals surface area contributed by atoms with Crippen LogP contribution < -0.4 is 0 Å². The van der Waals surface area contributed by atoms with Crippen molar-refractivity contribution in [2.24, 2.45) is 5.92 Å². The first-order valence-electron chi connectivity index (χ1n) is 7.39. The highest BCUT2D eigenvalue weighted by Crippen LogP contribution is 2.19. The first-order chi connectivity index (χ1) is 8.20. The molecule has 1 unspecified atom stereocenters. The summed E-state index contributed by atoms with van der Waals surface area (Å²) in [7, 11) is 0. The Morgan fingerprint density at radius 1 is 0.882 bits per heavy atom. The Hall–Kier alpha value is -0.530. The number of esters is 1. The molecule has 1 saturated heterocycles. The van der Waals surface area contributed by atoms with Crippen molar-refractivity contribution in [1.82, 2.24) is 0 Å². The van der Waals surface area contributed by atoms with Crippen molar-refractivity contribution in [2.75, 3.05) is 0 Å². The van der Waals surface area contributed by atoms with Gasteiger partial charge in [-0.25, -0.2) is 0 Å². The normalized spacial score (nSPS) is 30.4.